The van der Waals surface area contributed by atoms with E-state index in [9.17, 15) is 9.59 Å². The zero-order chi connectivity index (χ0) is 21.9. The van der Waals surface area contributed by atoms with Crippen LogP contribution in [0.5, 0.6) is 0 Å². The van der Waals surface area contributed by atoms with Crippen LogP contribution in [0.25, 0.3) is 0 Å². The maximum absolute atomic E-state index is 12.9. The number of hydrogen-bond acceptors (Lipinski definition) is 7. The zero-order valence-corrected chi connectivity index (χ0v) is 19.8. The first-order valence-corrected chi connectivity index (χ1v) is 12.9. The lowest BCUT2D eigenvalue weighted by atomic mass is 9.54. The van der Waals surface area contributed by atoms with E-state index in [0.717, 1.165) is 25.0 Å². The highest BCUT2D eigenvalue weighted by Gasteiger charge is 2.58. The van der Waals surface area contributed by atoms with Crippen LogP contribution < -0.4 is 5.32 Å². The second kappa shape index (κ2) is 7.59. The standard InChI is InChI=1S/C23H27N3O3S2/c1-11-13-7-8-23(3)10-15-17(12(2)16(23)18(13)29-21(11)28)25-22(31-15)26-19(27)14-6-5-9-24-20(14)30-4/h5-6,9,11-13,16,18H,7-8,10H2,1-4H3,(H,25,26,27)/t11-,12-,13-,16+,18-,23-/m0/s1. The summed E-state index contributed by atoms with van der Waals surface area (Å²) in [6.07, 6.45) is 6.63. The average Bonchev–Trinajstić information content (AvgIpc) is 3.27. The number of rotatable bonds is 3. The lowest BCUT2D eigenvalue weighted by Gasteiger charge is -2.51. The molecule has 6 atom stereocenters. The number of thioether (sulfide) groups is 1. The van der Waals surface area contributed by atoms with E-state index in [0.29, 0.717) is 21.6 Å². The summed E-state index contributed by atoms with van der Waals surface area (Å²) in [6, 6.07) is 3.56. The van der Waals surface area contributed by atoms with E-state index in [1.807, 2.05) is 13.2 Å². The van der Waals surface area contributed by atoms with Gasteiger partial charge in [-0.1, -0.05) is 20.8 Å². The molecule has 2 aliphatic carbocycles. The Balaban J connectivity index is 1.43. The van der Waals surface area contributed by atoms with Gasteiger partial charge in [-0.3, -0.25) is 14.9 Å². The number of carbonyl (C=O) groups excluding carboxylic acids is 2. The normalized spacial score (nSPS) is 33.8. The molecule has 8 heteroatoms. The number of nitrogens with zero attached hydrogens (tertiary/aromatic N) is 2. The Hall–Kier alpha value is -1.93. The quantitative estimate of drug-likeness (QED) is 0.528. The minimum atomic E-state index is -0.182. The van der Waals surface area contributed by atoms with Crippen LogP contribution in [0.4, 0.5) is 5.13 Å². The van der Waals surface area contributed by atoms with E-state index in [-0.39, 0.29) is 41.1 Å². The van der Waals surface area contributed by atoms with Crippen molar-refractivity contribution in [2.24, 2.45) is 23.2 Å². The lowest BCUT2D eigenvalue weighted by molar-refractivity contribution is -0.149. The summed E-state index contributed by atoms with van der Waals surface area (Å²) in [5.41, 5.74) is 1.70. The second-order valence-corrected chi connectivity index (χ2v) is 11.3. The third-order valence-corrected chi connectivity index (χ3v) is 9.29. The lowest BCUT2D eigenvalue weighted by Crippen LogP contribution is -2.50. The largest absolute Gasteiger partial charge is 0.461 e. The molecule has 3 heterocycles. The third kappa shape index (κ3) is 3.30. The van der Waals surface area contributed by atoms with Gasteiger partial charge in [0.05, 0.1) is 17.2 Å². The van der Waals surface area contributed by atoms with Crippen LogP contribution in [0, 0.1) is 23.2 Å². The van der Waals surface area contributed by atoms with Crippen LogP contribution in [0.2, 0.25) is 0 Å². The fraction of sp³-hybridized carbons (Fsp3) is 0.565. The first kappa shape index (κ1) is 20.9. The highest BCUT2D eigenvalue weighted by Crippen LogP contribution is 2.59. The molecule has 2 aromatic heterocycles. The molecule has 2 fully saturated rings. The minimum Gasteiger partial charge on any atom is -0.461 e. The van der Waals surface area contributed by atoms with E-state index < -0.39 is 0 Å². The molecule has 0 unspecified atom stereocenters. The van der Waals surface area contributed by atoms with Gasteiger partial charge >= 0.3 is 5.97 Å². The predicted octanol–water partition coefficient (Wildman–Crippen LogP) is 4.77. The number of aromatic nitrogens is 2. The molecule has 0 aromatic carbocycles. The molecule has 1 aliphatic heterocycles. The Morgan fingerprint density at radius 1 is 1.35 bits per heavy atom. The number of amides is 1. The van der Waals surface area contributed by atoms with Crippen molar-refractivity contribution in [1.82, 2.24) is 9.97 Å². The fourth-order valence-corrected chi connectivity index (χ4v) is 7.83. The predicted molar refractivity (Wildman–Crippen MR) is 122 cm³/mol. The highest BCUT2D eigenvalue weighted by atomic mass is 32.2. The summed E-state index contributed by atoms with van der Waals surface area (Å²) in [5.74, 6) is 0.505. The van der Waals surface area contributed by atoms with Crippen LogP contribution in [0.3, 0.4) is 0 Å². The van der Waals surface area contributed by atoms with Crippen molar-refractivity contribution in [1.29, 1.82) is 0 Å². The van der Waals surface area contributed by atoms with Crippen LogP contribution in [0.1, 0.15) is 60.5 Å². The molecule has 1 N–H and O–H groups in total. The zero-order valence-electron chi connectivity index (χ0n) is 18.2. The number of pyridine rings is 1. The van der Waals surface area contributed by atoms with E-state index in [1.54, 1.807) is 29.7 Å². The van der Waals surface area contributed by atoms with Crippen molar-refractivity contribution in [2.75, 3.05) is 11.6 Å². The van der Waals surface area contributed by atoms with Crippen molar-refractivity contribution in [3.8, 4) is 0 Å². The average molecular weight is 458 g/mol. The summed E-state index contributed by atoms with van der Waals surface area (Å²) in [7, 11) is 0. The van der Waals surface area contributed by atoms with Crippen LogP contribution in [0.15, 0.2) is 23.4 Å². The van der Waals surface area contributed by atoms with Gasteiger partial charge in [0.25, 0.3) is 5.91 Å². The van der Waals surface area contributed by atoms with E-state index in [4.69, 9.17) is 9.72 Å². The molecular formula is C23H27N3O3S2. The number of hydrogen-bond donors (Lipinski definition) is 1. The van der Waals surface area contributed by atoms with Gasteiger partial charge in [-0.2, -0.15) is 0 Å². The molecular weight excluding hydrogens is 430 g/mol. The molecule has 31 heavy (non-hydrogen) atoms. The van der Waals surface area contributed by atoms with Crippen molar-refractivity contribution < 1.29 is 14.3 Å². The maximum atomic E-state index is 12.9. The molecule has 1 saturated heterocycles. The minimum absolute atomic E-state index is 0.0152. The SMILES string of the molecule is CSc1ncccc1C(=O)Nc1nc2c(s1)C[C@]1(C)CC[C@@H]3[C@H](OC(=O)[C@H]3C)[C@H]1[C@@H]2C. The molecule has 1 saturated carbocycles. The second-order valence-electron chi connectivity index (χ2n) is 9.38. The van der Waals surface area contributed by atoms with E-state index in [1.165, 1.54) is 16.6 Å². The van der Waals surface area contributed by atoms with Gasteiger partial charge in [0.15, 0.2) is 5.13 Å². The Morgan fingerprint density at radius 2 is 2.16 bits per heavy atom. The van der Waals surface area contributed by atoms with Crippen molar-refractivity contribution >= 4 is 40.1 Å². The molecule has 6 nitrogen and oxygen atoms in total. The number of carbonyl (C=O) groups is 2. The Labute approximate surface area is 190 Å². The molecule has 164 valence electrons. The van der Waals surface area contributed by atoms with Crippen molar-refractivity contribution in [3.05, 3.63) is 34.5 Å². The molecule has 1 amide bonds. The van der Waals surface area contributed by atoms with Gasteiger partial charge in [0, 0.05) is 28.8 Å². The summed E-state index contributed by atoms with van der Waals surface area (Å²) >= 11 is 3.03. The first-order chi connectivity index (χ1) is 14.8. The van der Waals surface area contributed by atoms with E-state index in [2.05, 4.69) is 24.1 Å². The number of fused-ring (bicyclic) bond motifs is 4. The number of anilines is 1. The third-order valence-electron chi connectivity index (χ3n) is 7.59. The van der Waals surface area contributed by atoms with E-state index >= 15 is 0 Å². The van der Waals surface area contributed by atoms with Crippen molar-refractivity contribution in [2.45, 2.75) is 57.1 Å². The topological polar surface area (TPSA) is 81.2 Å². The Kier molecular flexibility index (Phi) is 5.13. The first-order valence-electron chi connectivity index (χ1n) is 10.8. The van der Waals surface area contributed by atoms with Crippen LogP contribution in [-0.4, -0.2) is 34.2 Å². The van der Waals surface area contributed by atoms with Gasteiger partial charge in [0.2, 0.25) is 0 Å². The number of nitrogens with one attached hydrogen (secondary N) is 1. The van der Waals surface area contributed by atoms with Gasteiger partial charge in [-0.25, -0.2) is 9.97 Å². The molecule has 2 aromatic rings. The molecule has 5 rings (SSSR count). The summed E-state index contributed by atoms with van der Waals surface area (Å²) in [5, 5.41) is 4.33. The van der Waals surface area contributed by atoms with Crippen molar-refractivity contribution in [3.63, 3.8) is 0 Å². The molecule has 3 aliphatic rings. The number of esters is 1. The van der Waals surface area contributed by atoms with Crippen LogP contribution in [-0.2, 0) is 16.0 Å². The highest BCUT2D eigenvalue weighted by molar-refractivity contribution is 7.98. The Bertz CT molecular complexity index is 1050. The van der Waals surface area contributed by atoms with Gasteiger partial charge in [-0.15, -0.1) is 23.1 Å². The summed E-state index contributed by atoms with van der Waals surface area (Å²) in [6.45, 7) is 6.55. The fourth-order valence-electron chi connectivity index (χ4n) is 6.02. The smallest absolute Gasteiger partial charge is 0.309 e. The molecule has 0 radical (unpaired) electrons. The molecule has 0 spiro atoms. The number of ether oxygens (including phenoxy) is 1. The van der Waals surface area contributed by atoms with Crippen LogP contribution >= 0.6 is 23.1 Å². The van der Waals surface area contributed by atoms with Gasteiger partial charge in [0.1, 0.15) is 11.1 Å². The summed E-state index contributed by atoms with van der Waals surface area (Å²) in [4.78, 5) is 35.5. The maximum Gasteiger partial charge on any atom is 0.309 e. The monoisotopic (exact) mass is 457 g/mol. The van der Waals surface area contributed by atoms with Gasteiger partial charge in [-0.05, 0) is 43.1 Å². The number of thiazole rings is 1. The Morgan fingerprint density at radius 3 is 2.94 bits per heavy atom. The van der Waals surface area contributed by atoms with Gasteiger partial charge < -0.3 is 4.74 Å². The molecule has 0 bridgehead atoms. The summed E-state index contributed by atoms with van der Waals surface area (Å²) < 4.78 is 5.91.